The Kier molecular flexibility index (Phi) is 6.37. The Morgan fingerprint density at radius 3 is 2.29 bits per heavy atom. The third kappa shape index (κ3) is 5.06. The van der Waals surface area contributed by atoms with Crippen molar-refractivity contribution < 1.29 is 9.59 Å². The first kappa shape index (κ1) is 18.5. The number of hydrogen-bond acceptors (Lipinski definition) is 3. The Morgan fingerprint density at radius 2 is 1.75 bits per heavy atom. The molecule has 1 aliphatic rings. The van der Waals surface area contributed by atoms with Crippen molar-refractivity contribution in [1.29, 1.82) is 0 Å². The summed E-state index contributed by atoms with van der Waals surface area (Å²) in [7, 11) is 1.80. The molecule has 5 heteroatoms. The summed E-state index contributed by atoms with van der Waals surface area (Å²) in [4.78, 5) is 26.0. The summed E-state index contributed by atoms with van der Waals surface area (Å²) in [6, 6.07) is 7.99. The average molecular weight is 331 g/mol. The Bertz CT molecular complexity index is 560. The van der Waals surface area contributed by atoms with Crippen LogP contribution in [0.2, 0.25) is 0 Å². The maximum Gasteiger partial charge on any atom is 0.251 e. The van der Waals surface area contributed by atoms with Crippen LogP contribution >= 0.6 is 0 Å². The number of hydrogen-bond donors (Lipinski definition) is 2. The van der Waals surface area contributed by atoms with Crippen LogP contribution in [0.3, 0.4) is 0 Å². The number of carbonyl (C=O) groups is 2. The largest absolute Gasteiger partial charge is 0.349 e. The van der Waals surface area contributed by atoms with E-state index in [9.17, 15) is 9.59 Å². The van der Waals surface area contributed by atoms with Gasteiger partial charge in [-0.1, -0.05) is 26.0 Å². The zero-order chi connectivity index (χ0) is 17.7. The summed E-state index contributed by atoms with van der Waals surface area (Å²) >= 11 is 0. The van der Waals surface area contributed by atoms with Crippen molar-refractivity contribution in [2.24, 2.45) is 11.7 Å². The topological polar surface area (TPSA) is 75.4 Å². The molecule has 0 atom stereocenters. The van der Waals surface area contributed by atoms with Gasteiger partial charge in [-0.05, 0) is 43.4 Å². The van der Waals surface area contributed by atoms with Gasteiger partial charge in [0, 0.05) is 37.2 Å². The Balaban J connectivity index is 1.89. The van der Waals surface area contributed by atoms with Gasteiger partial charge < -0.3 is 16.0 Å². The normalized spacial score (nSPS) is 20.7. The highest BCUT2D eigenvalue weighted by atomic mass is 16.2. The molecule has 1 saturated carbocycles. The zero-order valence-electron chi connectivity index (χ0n) is 14.9. The molecule has 1 aromatic carbocycles. The number of carbonyl (C=O) groups excluding carboxylic acids is 2. The molecular weight excluding hydrogens is 302 g/mol. The van der Waals surface area contributed by atoms with Gasteiger partial charge in [-0.15, -0.1) is 0 Å². The van der Waals surface area contributed by atoms with Crippen LogP contribution in [0.4, 0.5) is 0 Å². The van der Waals surface area contributed by atoms with E-state index < -0.39 is 0 Å². The third-order valence-corrected chi connectivity index (χ3v) is 4.61. The van der Waals surface area contributed by atoms with Gasteiger partial charge in [0.2, 0.25) is 5.91 Å². The summed E-state index contributed by atoms with van der Waals surface area (Å²) in [6.07, 6.45) is 3.85. The Hall–Kier alpha value is -1.88. The fraction of sp³-hybridized carbons (Fsp3) is 0.579. The van der Waals surface area contributed by atoms with Crippen molar-refractivity contribution in [3.63, 3.8) is 0 Å². The summed E-state index contributed by atoms with van der Waals surface area (Å²) in [5.74, 6) is 0.0737. The zero-order valence-corrected chi connectivity index (χ0v) is 14.9. The highest BCUT2D eigenvalue weighted by Crippen LogP contribution is 2.17. The molecule has 132 valence electrons. The molecule has 2 rings (SSSR count). The van der Waals surface area contributed by atoms with Gasteiger partial charge in [-0.25, -0.2) is 0 Å². The lowest BCUT2D eigenvalue weighted by Gasteiger charge is -2.26. The van der Waals surface area contributed by atoms with Gasteiger partial charge in [0.1, 0.15) is 0 Å². The summed E-state index contributed by atoms with van der Waals surface area (Å²) in [5, 5.41) is 3.09. The first-order valence-corrected chi connectivity index (χ1v) is 8.77. The molecule has 0 bridgehead atoms. The van der Waals surface area contributed by atoms with Gasteiger partial charge in [0.25, 0.3) is 5.91 Å². The number of nitrogens with two attached hydrogens (primary N) is 1. The molecule has 5 nitrogen and oxygen atoms in total. The molecule has 1 aromatic rings. The van der Waals surface area contributed by atoms with Gasteiger partial charge in [-0.2, -0.15) is 0 Å². The van der Waals surface area contributed by atoms with Crippen LogP contribution in [-0.4, -0.2) is 35.8 Å². The number of nitrogens with zero attached hydrogens (tertiary/aromatic N) is 1. The van der Waals surface area contributed by atoms with E-state index in [4.69, 9.17) is 5.73 Å². The van der Waals surface area contributed by atoms with E-state index in [1.54, 1.807) is 11.9 Å². The van der Waals surface area contributed by atoms with Crippen LogP contribution in [0.25, 0.3) is 0 Å². The molecule has 0 unspecified atom stereocenters. The van der Waals surface area contributed by atoms with Gasteiger partial charge in [0.05, 0.1) is 0 Å². The molecule has 0 aromatic heterocycles. The van der Waals surface area contributed by atoms with Crippen LogP contribution in [0.5, 0.6) is 0 Å². The first-order valence-electron chi connectivity index (χ1n) is 8.77. The second kappa shape index (κ2) is 8.29. The summed E-state index contributed by atoms with van der Waals surface area (Å²) < 4.78 is 0. The lowest BCUT2D eigenvalue weighted by atomic mass is 9.91. The lowest BCUT2D eigenvalue weighted by molar-refractivity contribution is -0.133. The van der Waals surface area contributed by atoms with Crippen molar-refractivity contribution in [2.75, 3.05) is 7.05 Å². The number of rotatable bonds is 5. The molecule has 0 spiro atoms. The first-order chi connectivity index (χ1) is 11.4. The van der Waals surface area contributed by atoms with Crippen LogP contribution < -0.4 is 11.1 Å². The SMILES string of the molecule is CC(C)C(=O)N(C)Cc1ccc(C(=O)NC2CCC(N)CC2)cc1. The second-order valence-electron chi connectivity index (χ2n) is 7.13. The minimum Gasteiger partial charge on any atom is -0.349 e. The Labute approximate surface area is 144 Å². The van der Waals surface area contributed by atoms with E-state index in [0.717, 1.165) is 31.2 Å². The summed E-state index contributed by atoms with van der Waals surface area (Å²) in [5.41, 5.74) is 7.57. The third-order valence-electron chi connectivity index (χ3n) is 4.61. The fourth-order valence-corrected chi connectivity index (χ4v) is 3.09. The molecule has 1 fully saturated rings. The van der Waals surface area contributed by atoms with E-state index in [1.165, 1.54) is 0 Å². The van der Waals surface area contributed by atoms with E-state index >= 15 is 0 Å². The van der Waals surface area contributed by atoms with E-state index in [1.807, 2.05) is 38.1 Å². The second-order valence-corrected chi connectivity index (χ2v) is 7.13. The van der Waals surface area contributed by atoms with Crippen LogP contribution in [0.15, 0.2) is 24.3 Å². The highest BCUT2D eigenvalue weighted by Gasteiger charge is 2.20. The van der Waals surface area contributed by atoms with Crippen molar-refractivity contribution >= 4 is 11.8 Å². The maximum absolute atomic E-state index is 12.3. The minimum atomic E-state index is -0.0337. The number of amides is 2. The van der Waals surface area contributed by atoms with Crippen molar-refractivity contribution in [3.8, 4) is 0 Å². The van der Waals surface area contributed by atoms with Crippen molar-refractivity contribution in [3.05, 3.63) is 35.4 Å². The Morgan fingerprint density at radius 1 is 1.17 bits per heavy atom. The standard InChI is InChI=1S/C19H29N3O2/c1-13(2)19(24)22(3)12-14-4-6-15(7-5-14)18(23)21-17-10-8-16(20)9-11-17/h4-7,13,16-17H,8-12,20H2,1-3H3,(H,21,23). The molecular formula is C19H29N3O2. The molecule has 24 heavy (non-hydrogen) atoms. The molecule has 2 amide bonds. The number of benzene rings is 1. The maximum atomic E-state index is 12.3. The van der Waals surface area contributed by atoms with Gasteiger partial charge >= 0.3 is 0 Å². The molecule has 0 saturated heterocycles. The minimum absolute atomic E-state index is 0.0105. The predicted octanol–water partition coefficient (Wildman–Crippen LogP) is 2.30. The van der Waals surface area contributed by atoms with E-state index in [0.29, 0.717) is 12.1 Å². The average Bonchev–Trinajstić information content (AvgIpc) is 2.56. The van der Waals surface area contributed by atoms with E-state index in [2.05, 4.69) is 5.32 Å². The smallest absolute Gasteiger partial charge is 0.251 e. The lowest BCUT2D eigenvalue weighted by Crippen LogP contribution is -2.40. The molecule has 3 N–H and O–H groups in total. The van der Waals surface area contributed by atoms with Gasteiger partial charge in [-0.3, -0.25) is 9.59 Å². The molecule has 0 aliphatic heterocycles. The highest BCUT2D eigenvalue weighted by molar-refractivity contribution is 5.94. The predicted molar refractivity (Wildman–Crippen MR) is 95.5 cm³/mol. The summed E-state index contributed by atoms with van der Waals surface area (Å²) in [6.45, 7) is 4.34. The van der Waals surface area contributed by atoms with Crippen LogP contribution in [0.1, 0.15) is 55.5 Å². The number of nitrogens with one attached hydrogen (secondary N) is 1. The molecule has 0 radical (unpaired) electrons. The monoisotopic (exact) mass is 331 g/mol. The quantitative estimate of drug-likeness (QED) is 0.869. The van der Waals surface area contributed by atoms with Crippen molar-refractivity contribution in [2.45, 2.75) is 58.2 Å². The van der Waals surface area contributed by atoms with Gasteiger partial charge in [0.15, 0.2) is 0 Å². The fourth-order valence-electron chi connectivity index (χ4n) is 3.09. The van der Waals surface area contributed by atoms with Crippen LogP contribution in [-0.2, 0) is 11.3 Å². The molecule has 1 aliphatic carbocycles. The van der Waals surface area contributed by atoms with Crippen LogP contribution in [0, 0.1) is 5.92 Å². The molecule has 0 heterocycles. The van der Waals surface area contributed by atoms with E-state index in [-0.39, 0.29) is 29.8 Å². The van der Waals surface area contributed by atoms with Crippen molar-refractivity contribution in [1.82, 2.24) is 10.2 Å².